The Bertz CT molecular complexity index is 1500. The maximum Gasteiger partial charge on any atom is 0.246 e. The number of aromatic nitrogens is 4. The summed E-state index contributed by atoms with van der Waals surface area (Å²) >= 11 is 7.51. The number of carbonyl (C=O) groups is 1. The molecule has 1 N–H and O–H groups in total. The van der Waals surface area contributed by atoms with Crippen LogP contribution in [0.4, 0.5) is 15.9 Å². The van der Waals surface area contributed by atoms with Crippen LogP contribution in [0.5, 0.6) is 0 Å². The molecule has 0 fully saturated rings. The molecule has 37 heavy (non-hydrogen) atoms. The minimum absolute atomic E-state index is 0.000508. The number of hydrogen-bond donors (Lipinski definition) is 1. The van der Waals surface area contributed by atoms with E-state index in [9.17, 15) is 9.18 Å². The zero-order valence-electron chi connectivity index (χ0n) is 20.8. The number of nitrogens with zero attached hydrogens (tertiary/aromatic N) is 6. The lowest BCUT2D eigenvalue weighted by Gasteiger charge is -2.26. The summed E-state index contributed by atoms with van der Waals surface area (Å²) in [7, 11) is 3.94. The van der Waals surface area contributed by atoms with Crippen molar-refractivity contribution in [1.82, 2.24) is 29.5 Å². The Kier molecular flexibility index (Phi) is 7.23. The van der Waals surface area contributed by atoms with E-state index in [1.54, 1.807) is 23.5 Å². The smallest absolute Gasteiger partial charge is 0.246 e. The molecule has 0 bridgehead atoms. The molecule has 5 rings (SSSR count). The predicted molar refractivity (Wildman–Crippen MR) is 145 cm³/mol. The van der Waals surface area contributed by atoms with E-state index in [4.69, 9.17) is 11.6 Å². The van der Waals surface area contributed by atoms with Gasteiger partial charge in [0, 0.05) is 55.1 Å². The maximum absolute atomic E-state index is 13.6. The van der Waals surface area contributed by atoms with Gasteiger partial charge in [-0.25, -0.2) is 14.4 Å². The number of anilines is 2. The first-order chi connectivity index (χ1) is 17.8. The van der Waals surface area contributed by atoms with Crippen LogP contribution in [0.3, 0.4) is 0 Å². The molecular weight excluding hydrogens is 513 g/mol. The first-order valence-electron chi connectivity index (χ1n) is 11.9. The van der Waals surface area contributed by atoms with Gasteiger partial charge in [0.15, 0.2) is 0 Å². The lowest BCUT2D eigenvalue weighted by molar-refractivity contribution is -0.126. The topological polar surface area (TPSA) is 79.2 Å². The van der Waals surface area contributed by atoms with E-state index in [-0.39, 0.29) is 10.9 Å². The van der Waals surface area contributed by atoms with Crippen LogP contribution in [-0.2, 0) is 31.4 Å². The number of amides is 1. The van der Waals surface area contributed by atoms with Gasteiger partial charge < -0.3 is 10.2 Å². The number of likely N-dealkylation sites (N-methyl/N-ethyl adjacent to an activating group) is 1. The first kappa shape index (κ1) is 25.3. The van der Waals surface area contributed by atoms with Crippen LogP contribution in [0.1, 0.15) is 21.7 Å². The molecular formula is C26H27ClFN7OS. The van der Waals surface area contributed by atoms with Gasteiger partial charge in [-0.05, 0) is 44.2 Å². The number of rotatable bonds is 7. The zero-order valence-corrected chi connectivity index (χ0v) is 22.4. The lowest BCUT2D eigenvalue weighted by Crippen LogP contribution is -2.34. The minimum Gasteiger partial charge on any atom is -0.340 e. The molecule has 1 aromatic carbocycles. The summed E-state index contributed by atoms with van der Waals surface area (Å²) < 4.78 is 15.4. The van der Waals surface area contributed by atoms with E-state index in [2.05, 4.69) is 25.3 Å². The molecule has 0 saturated heterocycles. The molecule has 0 saturated carbocycles. The molecule has 3 aromatic heterocycles. The lowest BCUT2D eigenvalue weighted by atomic mass is 10.0. The van der Waals surface area contributed by atoms with Crippen LogP contribution < -0.4 is 5.32 Å². The molecule has 1 aliphatic rings. The van der Waals surface area contributed by atoms with E-state index in [0.717, 1.165) is 32.9 Å². The van der Waals surface area contributed by atoms with Crippen LogP contribution in [0.25, 0.3) is 10.2 Å². The van der Waals surface area contributed by atoms with Gasteiger partial charge >= 0.3 is 0 Å². The average Bonchev–Trinajstić information content (AvgIpc) is 3.39. The van der Waals surface area contributed by atoms with Crippen molar-refractivity contribution < 1.29 is 9.18 Å². The van der Waals surface area contributed by atoms with Crippen molar-refractivity contribution in [2.24, 2.45) is 7.05 Å². The quantitative estimate of drug-likeness (QED) is 0.338. The van der Waals surface area contributed by atoms with E-state index in [1.807, 2.05) is 42.9 Å². The number of benzene rings is 1. The van der Waals surface area contributed by atoms with E-state index in [1.165, 1.54) is 24.0 Å². The number of halogens is 2. The maximum atomic E-state index is 13.6. The molecule has 0 aliphatic carbocycles. The molecule has 4 aromatic rings. The standard InChI is InChI=1S/C26H27ClFN7OS/c1-16-17(13-34(3)32-16)12-33(2)9-4-5-23(36)35-10-8-19-22(14-35)37-26-24(19)25(29-15-30-26)31-18-6-7-21(28)20(27)11-18/h4-7,11,13,15H,8-10,12,14H2,1-3H3,(H,29,30,31). The SMILES string of the molecule is Cc1nn(C)cc1CN(C)CC=CC(=O)N1CCc2c(sc3ncnc(Nc4ccc(F)c(Cl)c4)c23)C1. The molecule has 4 heterocycles. The number of thiophene rings is 1. The highest BCUT2D eigenvalue weighted by Gasteiger charge is 2.25. The fourth-order valence-corrected chi connectivity index (χ4v) is 5.90. The van der Waals surface area contributed by atoms with Crippen LogP contribution >= 0.6 is 22.9 Å². The number of carbonyl (C=O) groups excluding carboxylic acids is 1. The summed E-state index contributed by atoms with van der Waals surface area (Å²) in [6.07, 6.45) is 7.82. The second kappa shape index (κ2) is 10.6. The normalized spacial score (nSPS) is 13.6. The van der Waals surface area contributed by atoms with Crippen molar-refractivity contribution in [2.45, 2.75) is 26.4 Å². The number of nitrogens with one attached hydrogen (secondary N) is 1. The number of hydrogen-bond acceptors (Lipinski definition) is 7. The fourth-order valence-electron chi connectivity index (χ4n) is 4.52. The van der Waals surface area contributed by atoms with Gasteiger partial charge in [0.2, 0.25) is 5.91 Å². The van der Waals surface area contributed by atoms with Crippen LogP contribution in [0.15, 0.2) is 42.9 Å². The molecule has 0 unspecified atom stereocenters. The van der Waals surface area contributed by atoms with Gasteiger partial charge in [0.25, 0.3) is 0 Å². The Morgan fingerprint density at radius 3 is 2.95 bits per heavy atom. The number of fused-ring (bicyclic) bond motifs is 3. The van der Waals surface area contributed by atoms with Crippen LogP contribution in [-0.4, -0.2) is 55.6 Å². The summed E-state index contributed by atoms with van der Waals surface area (Å²) in [6.45, 7) is 4.59. The Morgan fingerprint density at radius 1 is 1.35 bits per heavy atom. The molecule has 8 nitrogen and oxygen atoms in total. The Morgan fingerprint density at radius 2 is 2.19 bits per heavy atom. The summed E-state index contributed by atoms with van der Waals surface area (Å²) in [5, 5.41) is 8.62. The van der Waals surface area contributed by atoms with Gasteiger partial charge in [-0.15, -0.1) is 11.3 Å². The molecule has 1 amide bonds. The van der Waals surface area contributed by atoms with Gasteiger partial charge in [-0.1, -0.05) is 17.7 Å². The van der Waals surface area contributed by atoms with Crippen molar-refractivity contribution >= 4 is 50.6 Å². The molecule has 11 heteroatoms. The highest BCUT2D eigenvalue weighted by Crippen LogP contribution is 2.38. The summed E-state index contributed by atoms with van der Waals surface area (Å²) in [5.41, 5.74) is 3.99. The van der Waals surface area contributed by atoms with Crippen LogP contribution in [0.2, 0.25) is 5.02 Å². The average molecular weight is 540 g/mol. The fraction of sp³-hybridized carbons (Fsp3) is 0.308. The largest absolute Gasteiger partial charge is 0.340 e. The summed E-state index contributed by atoms with van der Waals surface area (Å²) in [6, 6.07) is 4.47. The Hall–Kier alpha value is -3.34. The van der Waals surface area contributed by atoms with Gasteiger partial charge in [0.05, 0.1) is 22.6 Å². The van der Waals surface area contributed by atoms with Crippen molar-refractivity contribution in [2.75, 3.05) is 25.5 Å². The van der Waals surface area contributed by atoms with E-state index < -0.39 is 5.82 Å². The van der Waals surface area contributed by atoms with E-state index in [0.29, 0.717) is 37.6 Å². The minimum atomic E-state index is -0.470. The molecule has 192 valence electrons. The highest BCUT2D eigenvalue weighted by atomic mass is 35.5. The second-order valence-corrected chi connectivity index (χ2v) is 10.7. The molecule has 1 aliphatic heterocycles. The summed E-state index contributed by atoms with van der Waals surface area (Å²) in [5.74, 6) is 0.179. The third kappa shape index (κ3) is 5.51. The van der Waals surface area contributed by atoms with Gasteiger partial charge in [-0.3, -0.25) is 14.4 Å². The Labute approximate surface area is 223 Å². The monoisotopic (exact) mass is 539 g/mol. The van der Waals surface area contributed by atoms with Crippen molar-refractivity contribution in [1.29, 1.82) is 0 Å². The van der Waals surface area contributed by atoms with Gasteiger partial charge in [0.1, 0.15) is 22.8 Å². The molecule has 0 radical (unpaired) electrons. The third-order valence-corrected chi connectivity index (χ3v) is 7.78. The van der Waals surface area contributed by atoms with E-state index >= 15 is 0 Å². The zero-order chi connectivity index (χ0) is 26.1. The van der Waals surface area contributed by atoms with Crippen molar-refractivity contribution in [3.8, 4) is 0 Å². The van der Waals surface area contributed by atoms with Crippen molar-refractivity contribution in [3.63, 3.8) is 0 Å². The molecule has 0 atom stereocenters. The molecule has 0 spiro atoms. The number of aryl methyl sites for hydroxylation is 2. The predicted octanol–water partition coefficient (Wildman–Crippen LogP) is 4.84. The first-order valence-corrected chi connectivity index (χ1v) is 13.1. The van der Waals surface area contributed by atoms with Gasteiger partial charge in [-0.2, -0.15) is 5.10 Å². The van der Waals surface area contributed by atoms with Crippen molar-refractivity contribution in [3.05, 3.63) is 75.4 Å². The summed E-state index contributed by atoms with van der Waals surface area (Å²) in [4.78, 5) is 27.8. The third-order valence-electron chi connectivity index (χ3n) is 6.36. The van der Waals surface area contributed by atoms with Crippen LogP contribution in [0, 0.1) is 12.7 Å². The second-order valence-electron chi connectivity index (χ2n) is 9.18. The Balaban J connectivity index is 1.25. The highest BCUT2D eigenvalue weighted by molar-refractivity contribution is 7.19.